The lowest BCUT2D eigenvalue weighted by Crippen LogP contribution is -2.55. The number of aliphatic carboxylic acids is 1. The summed E-state index contributed by atoms with van der Waals surface area (Å²) in [5.74, 6) is 1.85. The molecule has 0 spiro atoms. The summed E-state index contributed by atoms with van der Waals surface area (Å²) < 4.78 is 5.04. The third kappa shape index (κ3) is 4.12. The van der Waals surface area contributed by atoms with E-state index in [9.17, 15) is 9.90 Å². The molecule has 2 saturated carbocycles. The predicted octanol–water partition coefficient (Wildman–Crippen LogP) is 2.52. The number of ether oxygens (including phenoxy) is 1. The van der Waals surface area contributed by atoms with Crippen molar-refractivity contribution >= 4 is 17.7 Å². The molecule has 2 fully saturated rings. The van der Waals surface area contributed by atoms with Crippen molar-refractivity contribution in [2.75, 3.05) is 25.2 Å². The fraction of sp³-hybridized carbons (Fsp3) is 0.933. The monoisotopic (exact) mass is 301 g/mol. The van der Waals surface area contributed by atoms with Gasteiger partial charge in [-0.3, -0.25) is 10.1 Å². The van der Waals surface area contributed by atoms with Crippen molar-refractivity contribution < 1.29 is 14.6 Å². The number of nitrogens with one attached hydrogen (secondary N) is 1. The van der Waals surface area contributed by atoms with Gasteiger partial charge >= 0.3 is 5.97 Å². The Morgan fingerprint density at radius 2 is 2.20 bits per heavy atom. The Bertz CT molecular complexity index is 322. The van der Waals surface area contributed by atoms with Crippen molar-refractivity contribution in [2.24, 2.45) is 5.92 Å². The van der Waals surface area contributed by atoms with Gasteiger partial charge in [-0.2, -0.15) is 11.8 Å². The highest BCUT2D eigenvalue weighted by Crippen LogP contribution is 2.41. The van der Waals surface area contributed by atoms with Gasteiger partial charge in [0.25, 0.3) is 0 Å². The molecule has 5 heteroatoms. The highest BCUT2D eigenvalue weighted by atomic mass is 32.2. The second kappa shape index (κ2) is 7.66. The topological polar surface area (TPSA) is 58.6 Å². The van der Waals surface area contributed by atoms with Crippen molar-refractivity contribution in [3.05, 3.63) is 0 Å². The van der Waals surface area contributed by atoms with Gasteiger partial charge in [0.2, 0.25) is 0 Å². The number of rotatable bonds is 10. The fourth-order valence-electron chi connectivity index (χ4n) is 3.23. The van der Waals surface area contributed by atoms with E-state index in [0.717, 1.165) is 63.1 Å². The molecule has 2 aliphatic carbocycles. The lowest BCUT2D eigenvalue weighted by Gasteiger charge is -2.32. The molecular weight excluding hydrogens is 274 g/mol. The number of carbonyl (C=O) groups is 1. The number of carboxylic acids is 1. The molecule has 0 aromatic carbocycles. The Balaban J connectivity index is 1.77. The molecule has 0 aromatic rings. The molecule has 0 aromatic heterocycles. The van der Waals surface area contributed by atoms with E-state index in [1.165, 1.54) is 0 Å². The third-order valence-electron chi connectivity index (χ3n) is 4.49. The highest BCUT2D eigenvalue weighted by molar-refractivity contribution is 7.99. The molecular formula is C15H27NO3S. The smallest absolute Gasteiger partial charge is 0.324 e. The minimum Gasteiger partial charge on any atom is -0.480 e. The van der Waals surface area contributed by atoms with Crippen LogP contribution in [-0.4, -0.2) is 47.9 Å². The minimum atomic E-state index is -0.631. The zero-order valence-corrected chi connectivity index (χ0v) is 13.2. The number of methoxy groups -OCH3 is 1. The standard InChI is InChI=1S/C15H27NO3S/c1-19-9-3-10-20-11-7-12-4-2-8-15(12,14(17)18)16-13-5-6-13/h12-13,16H,2-11H2,1H3,(H,17,18). The van der Waals surface area contributed by atoms with Crippen molar-refractivity contribution in [3.63, 3.8) is 0 Å². The first-order valence-corrected chi connectivity index (χ1v) is 8.92. The van der Waals surface area contributed by atoms with Gasteiger partial charge in [-0.1, -0.05) is 6.42 Å². The van der Waals surface area contributed by atoms with Crippen LogP contribution in [0.25, 0.3) is 0 Å². The Labute approximate surface area is 126 Å². The molecule has 0 amide bonds. The first-order valence-electron chi connectivity index (χ1n) is 7.77. The van der Waals surface area contributed by atoms with Crippen LogP contribution in [0.15, 0.2) is 0 Å². The number of carboxylic acid groups (broad SMARTS) is 1. The van der Waals surface area contributed by atoms with Crippen molar-refractivity contribution in [3.8, 4) is 0 Å². The van der Waals surface area contributed by atoms with Crippen LogP contribution in [0.1, 0.15) is 44.9 Å². The second-order valence-electron chi connectivity index (χ2n) is 6.03. The Kier molecular flexibility index (Phi) is 6.18. The van der Waals surface area contributed by atoms with Crippen LogP contribution >= 0.6 is 11.8 Å². The van der Waals surface area contributed by atoms with E-state index in [1.54, 1.807) is 7.11 Å². The van der Waals surface area contributed by atoms with E-state index in [2.05, 4.69) is 5.32 Å². The summed E-state index contributed by atoms with van der Waals surface area (Å²) in [6, 6.07) is 0.459. The summed E-state index contributed by atoms with van der Waals surface area (Å²) in [7, 11) is 1.73. The second-order valence-corrected chi connectivity index (χ2v) is 7.26. The van der Waals surface area contributed by atoms with Crippen LogP contribution in [-0.2, 0) is 9.53 Å². The maximum absolute atomic E-state index is 11.8. The molecule has 0 bridgehead atoms. The normalized spacial score (nSPS) is 29.8. The largest absolute Gasteiger partial charge is 0.480 e. The number of hydrogen-bond donors (Lipinski definition) is 2. The Morgan fingerprint density at radius 3 is 2.85 bits per heavy atom. The van der Waals surface area contributed by atoms with Gasteiger partial charge < -0.3 is 9.84 Å². The SMILES string of the molecule is COCCCSCCC1CCCC1(NC1CC1)C(=O)O. The van der Waals surface area contributed by atoms with E-state index < -0.39 is 11.5 Å². The quantitative estimate of drug-likeness (QED) is 0.607. The summed E-state index contributed by atoms with van der Waals surface area (Å²) >= 11 is 1.93. The predicted molar refractivity (Wildman–Crippen MR) is 82.3 cm³/mol. The molecule has 4 nitrogen and oxygen atoms in total. The molecule has 2 N–H and O–H groups in total. The molecule has 0 saturated heterocycles. The van der Waals surface area contributed by atoms with Crippen LogP contribution in [0, 0.1) is 5.92 Å². The molecule has 0 radical (unpaired) electrons. The lowest BCUT2D eigenvalue weighted by atomic mass is 9.85. The minimum absolute atomic E-state index is 0.301. The van der Waals surface area contributed by atoms with Crippen molar-refractivity contribution in [1.82, 2.24) is 5.32 Å². The van der Waals surface area contributed by atoms with Crippen molar-refractivity contribution in [2.45, 2.75) is 56.5 Å². The molecule has 116 valence electrons. The van der Waals surface area contributed by atoms with E-state index in [4.69, 9.17) is 4.74 Å². The van der Waals surface area contributed by atoms with Gasteiger partial charge in [0.15, 0.2) is 0 Å². The molecule has 2 unspecified atom stereocenters. The zero-order chi connectivity index (χ0) is 14.4. The van der Waals surface area contributed by atoms with Crippen molar-refractivity contribution in [1.29, 1.82) is 0 Å². The van der Waals surface area contributed by atoms with Crippen LogP contribution in [0.2, 0.25) is 0 Å². The first-order chi connectivity index (χ1) is 9.69. The first kappa shape index (κ1) is 16.1. The van der Waals surface area contributed by atoms with Crippen LogP contribution in [0.3, 0.4) is 0 Å². The summed E-state index contributed by atoms with van der Waals surface area (Å²) in [5.41, 5.74) is -0.631. The highest BCUT2D eigenvalue weighted by Gasteiger charge is 2.50. The average Bonchev–Trinajstić information content (AvgIpc) is 3.13. The average molecular weight is 301 g/mol. The van der Waals surface area contributed by atoms with E-state index in [1.807, 2.05) is 11.8 Å². The van der Waals surface area contributed by atoms with Gasteiger partial charge in [-0.05, 0) is 55.9 Å². The van der Waals surface area contributed by atoms with Gasteiger partial charge in [0, 0.05) is 19.8 Å². The van der Waals surface area contributed by atoms with E-state index in [0.29, 0.717) is 12.0 Å². The molecule has 0 heterocycles. The van der Waals surface area contributed by atoms with Gasteiger partial charge in [0.1, 0.15) is 5.54 Å². The zero-order valence-electron chi connectivity index (χ0n) is 12.4. The van der Waals surface area contributed by atoms with Gasteiger partial charge in [0.05, 0.1) is 0 Å². The molecule has 2 atom stereocenters. The molecule has 2 aliphatic rings. The lowest BCUT2D eigenvalue weighted by molar-refractivity contribution is -0.146. The molecule has 0 aliphatic heterocycles. The Hall–Kier alpha value is -0.260. The van der Waals surface area contributed by atoms with Gasteiger partial charge in [-0.25, -0.2) is 0 Å². The van der Waals surface area contributed by atoms with Crippen LogP contribution < -0.4 is 5.32 Å². The van der Waals surface area contributed by atoms with E-state index >= 15 is 0 Å². The number of thioether (sulfide) groups is 1. The van der Waals surface area contributed by atoms with Crippen LogP contribution in [0.5, 0.6) is 0 Å². The third-order valence-corrected chi connectivity index (χ3v) is 5.59. The van der Waals surface area contributed by atoms with E-state index in [-0.39, 0.29) is 0 Å². The summed E-state index contributed by atoms with van der Waals surface area (Å²) in [4.78, 5) is 11.8. The maximum Gasteiger partial charge on any atom is 0.324 e. The number of hydrogen-bond acceptors (Lipinski definition) is 4. The fourth-order valence-corrected chi connectivity index (χ4v) is 4.20. The molecule has 20 heavy (non-hydrogen) atoms. The van der Waals surface area contributed by atoms with Gasteiger partial charge in [-0.15, -0.1) is 0 Å². The Morgan fingerprint density at radius 1 is 1.40 bits per heavy atom. The summed E-state index contributed by atoms with van der Waals surface area (Å²) in [5, 5.41) is 13.1. The molecule has 2 rings (SSSR count). The summed E-state index contributed by atoms with van der Waals surface area (Å²) in [6.45, 7) is 0.818. The maximum atomic E-state index is 11.8. The van der Waals surface area contributed by atoms with Crippen LogP contribution in [0.4, 0.5) is 0 Å². The summed E-state index contributed by atoms with van der Waals surface area (Å²) in [6.07, 6.45) is 7.30.